The summed E-state index contributed by atoms with van der Waals surface area (Å²) in [6.07, 6.45) is 5.38. The molecule has 20 heavy (non-hydrogen) atoms. The lowest BCUT2D eigenvalue weighted by Gasteiger charge is -2.32. The summed E-state index contributed by atoms with van der Waals surface area (Å²) in [6, 6.07) is 7.38. The Morgan fingerprint density at radius 1 is 1.10 bits per heavy atom. The molecule has 0 atom stereocenters. The van der Waals surface area contributed by atoms with Crippen molar-refractivity contribution < 1.29 is 0 Å². The quantitative estimate of drug-likeness (QED) is 0.857. The topological polar surface area (TPSA) is 15.3 Å². The Bertz CT molecular complexity index is 429. The first kappa shape index (κ1) is 15.2. The monoisotopic (exact) mass is 274 g/mol. The van der Waals surface area contributed by atoms with Crippen LogP contribution in [0.5, 0.6) is 0 Å². The van der Waals surface area contributed by atoms with E-state index in [1.54, 1.807) is 0 Å². The standard InChI is InChI=1S/C18H30N2/c1-13(2)15-7-10-16(11-8-15)19-17-9-6-14(3)18(12-17)20(4)5/h6,9,12-13,15-16,19H,7-8,10-11H2,1-5H3. The van der Waals surface area contributed by atoms with Gasteiger partial charge in [0.05, 0.1) is 0 Å². The van der Waals surface area contributed by atoms with Gasteiger partial charge in [-0.3, -0.25) is 0 Å². The van der Waals surface area contributed by atoms with E-state index in [1.165, 1.54) is 42.6 Å². The Kier molecular flexibility index (Phi) is 4.95. The Balaban J connectivity index is 1.96. The molecule has 1 fully saturated rings. The molecule has 2 nitrogen and oxygen atoms in total. The number of nitrogens with one attached hydrogen (secondary N) is 1. The van der Waals surface area contributed by atoms with Crippen LogP contribution < -0.4 is 10.2 Å². The lowest BCUT2D eigenvalue weighted by molar-refractivity contribution is 0.267. The van der Waals surface area contributed by atoms with Gasteiger partial charge in [0.15, 0.2) is 0 Å². The van der Waals surface area contributed by atoms with Gasteiger partial charge in [0, 0.05) is 31.5 Å². The highest BCUT2D eigenvalue weighted by Gasteiger charge is 2.23. The van der Waals surface area contributed by atoms with Gasteiger partial charge >= 0.3 is 0 Å². The third-order valence-corrected chi connectivity index (χ3v) is 4.78. The summed E-state index contributed by atoms with van der Waals surface area (Å²) in [7, 11) is 4.22. The highest BCUT2D eigenvalue weighted by atomic mass is 15.1. The Morgan fingerprint density at radius 3 is 2.30 bits per heavy atom. The van der Waals surface area contributed by atoms with Crippen LogP contribution in [-0.4, -0.2) is 20.1 Å². The number of rotatable bonds is 4. The Morgan fingerprint density at radius 2 is 1.75 bits per heavy atom. The minimum atomic E-state index is 0.655. The molecule has 1 aliphatic rings. The average Bonchev–Trinajstić information content (AvgIpc) is 2.41. The van der Waals surface area contributed by atoms with Gasteiger partial charge < -0.3 is 10.2 Å². The van der Waals surface area contributed by atoms with Gasteiger partial charge in [-0.25, -0.2) is 0 Å². The molecule has 2 rings (SSSR count). The van der Waals surface area contributed by atoms with Crippen molar-refractivity contribution >= 4 is 11.4 Å². The van der Waals surface area contributed by atoms with E-state index in [2.05, 4.69) is 63.3 Å². The van der Waals surface area contributed by atoms with Crippen LogP contribution in [0.25, 0.3) is 0 Å². The highest BCUT2D eigenvalue weighted by Crippen LogP contribution is 2.32. The van der Waals surface area contributed by atoms with Crippen molar-refractivity contribution in [3.63, 3.8) is 0 Å². The Labute approximate surface area is 124 Å². The highest BCUT2D eigenvalue weighted by molar-refractivity contribution is 5.62. The predicted octanol–water partition coefficient (Wildman–Crippen LogP) is 4.69. The predicted molar refractivity (Wildman–Crippen MR) is 89.7 cm³/mol. The minimum Gasteiger partial charge on any atom is -0.382 e. The zero-order valence-corrected chi connectivity index (χ0v) is 13.7. The van der Waals surface area contributed by atoms with E-state index in [0.717, 1.165) is 11.8 Å². The zero-order valence-electron chi connectivity index (χ0n) is 13.7. The molecule has 1 aromatic carbocycles. The molecular weight excluding hydrogens is 244 g/mol. The lowest BCUT2D eigenvalue weighted by Crippen LogP contribution is -2.28. The molecule has 0 saturated heterocycles. The van der Waals surface area contributed by atoms with Gasteiger partial charge in [0.1, 0.15) is 0 Å². The van der Waals surface area contributed by atoms with E-state index in [0.29, 0.717) is 6.04 Å². The first-order valence-electron chi connectivity index (χ1n) is 8.02. The number of aryl methyl sites for hydroxylation is 1. The Hall–Kier alpha value is -1.18. The molecule has 0 heterocycles. The molecule has 2 heteroatoms. The van der Waals surface area contributed by atoms with E-state index in [1.807, 2.05) is 0 Å². The maximum atomic E-state index is 3.74. The van der Waals surface area contributed by atoms with Crippen LogP contribution >= 0.6 is 0 Å². The smallest absolute Gasteiger partial charge is 0.0411 e. The summed E-state index contributed by atoms with van der Waals surface area (Å²) in [5.74, 6) is 1.78. The second-order valence-corrected chi connectivity index (χ2v) is 6.90. The maximum Gasteiger partial charge on any atom is 0.0411 e. The molecule has 0 aliphatic heterocycles. The van der Waals surface area contributed by atoms with Crippen molar-refractivity contribution in [1.29, 1.82) is 0 Å². The number of nitrogens with zero attached hydrogens (tertiary/aromatic N) is 1. The molecule has 0 radical (unpaired) electrons. The fourth-order valence-electron chi connectivity index (χ4n) is 3.35. The van der Waals surface area contributed by atoms with Gasteiger partial charge in [0.2, 0.25) is 0 Å². The van der Waals surface area contributed by atoms with Gasteiger partial charge in [-0.2, -0.15) is 0 Å². The zero-order chi connectivity index (χ0) is 14.7. The van der Waals surface area contributed by atoms with Crippen molar-refractivity contribution in [2.45, 2.75) is 52.5 Å². The first-order valence-corrected chi connectivity index (χ1v) is 8.02. The summed E-state index contributed by atoms with van der Waals surface area (Å²) in [6.45, 7) is 6.90. The van der Waals surface area contributed by atoms with Crippen molar-refractivity contribution in [3.8, 4) is 0 Å². The average molecular weight is 274 g/mol. The largest absolute Gasteiger partial charge is 0.382 e. The van der Waals surface area contributed by atoms with Crippen LogP contribution in [-0.2, 0) is 0 Å². The van der Waals surface area contributed by atoms with Gasteiger partial charge in [-0.15, -0.1) is 0 Å². The summed E-state index contributed by atoms with van der Waals surface area (Å²) in [5.41, 5.74) is 3.92. The van der Waals surface area contributed by atoms with Crippen molar-refractivity contribution in [2.24, 2.45) is 11.8 Å². The normalized spacial score (nSPS) is 22.9. The van der Waals surface area contributed by atoms with E-state index in [-0.39, 0.29) is 0 Å². The third-order valence-electron chi connectivity index (χ3n) is 4.78. The van der Waals surface area contributed by atoms with Crippen LogP contribution in [0.15, 0.2) is 18.2 Å². The second kappa shape index (κ2) is 6.51. The molecule has 0 amide bonds. The molecule has 0 spiro atoms. The van der Waals surface area contributed by atoms with Gasteiger partial charge in [-0.05, 0) is 62.1 Å². The van der Waals surface area contributed by atoms with E-state index >= 15 is 0 Å². The molecule has 0 unspecified atom stereocenters. The second-order valence-electron chi connectivity index (χ2n) is 6.90. The van der Waals surface area contributed by atoms with Crippen LogP contribution in [0.1, 0.15) is 45.1 Å². The summed E-state index contributed by atoms with van der Waals surface area (Å²) >= 11 is 0. The SMILES string of the molecule is Cc1ccc(NC2CCC(C(C)C)CC2)cc1N(C)C. The third kappa shape index (κ3) is 3.68. The van der Waals surface area contributed by atoms with E-state index in [4.69, 9.17) is 0 Å². The molecular formula is C18H30N2. The van der Waals surface area contributed by atoms with Crippen LogP contribution in [0.3, 0.4) is 0 Å². The van der Waals surface area contributed by atoms with E-state index in [9.17, 15) is 0 Å². The molecule has 1 aromatic rings. The maximum absolute atomic E-state index is 3.74. The molecule has 1 N–H and O–H groups in total. The fourth-order valence-corrected chi connectivity index (χ4v) is 3.35. The minimum absolute atomic E-state index is 0.655. The van der Waals surface area contributed by atoms with Crippen molar-refractivity contribution in [1.82, 2.24) is 0 Å². The lowest BCUT2D eigenvalue weighted by atomic mass is 9.79. The number of benzene rings is 1. The number of anilines is 2. The summed E-state index contributed by atoms with van der Waals surface area (Å²) < 4.78 is 0. The number of hydrogen-bond donors (Lipinski definition) is 1. The van der Waals surface area contributed by atoms with Gasteiger partial charge in [0.25, 0.3) is 0 Å². The molecule has 0 bridgehead atoms. The number of hydrogen-bond acceptors (Lipinski definition) is 2. The summed E-state index contributed by atoms with van der Waals surface area (Å²) in [5, 5.41) is 3.74. The van der Waals surface area contributed by atoms with Crippen LogP contribution in [0, 0.1) is 18.8 Å². The molecule has 112 valence electrons. The molecule has 1 aliphatic carbocycles. The van der Waals surface area contributed by atoms with Crippen LogP contribution in [0.4, 0.5) is 11.4 Å². The first-order chi connectivity index (χ1) is 9.47. The van der Waals surface area contributed by atoms with Crippen LogP contribution in [0.2, 0.25) is 0 Å². The van der Waals surface area contributed by atoms with Crippen molar-refractivity contribution in [3.05, 3.63) is 23.8 Å². The molecule has 0 aromatic heterocycles. The molecule has 1 saturated carbocycles. The van der Waals surface area contributed by atoms with Gasteiger partial charge in [-0.1, -0.05) is 19.9 Å². The summed E-state index contributed by atoms with van der Waals surface area (Å²) in [4.78, 5) is 2.19. The van der Waals surface area contributed by atoms with Crippen molar-refractivity contribution in [2.75, 3.05) is 24.3 Å². The fraction of sp³-hybridized carbons (Fsp3) is 0.667. The van der Waals surface area contributed by atoms with E-state index < -0.39 is 0 Å².